The van der Waals surface area contributed by atoms with Crippen LogP contribution in [0.5, 0.6) is 0 Å². The number of benzene rings is 1. The van der Waals surface area contributed by atoms with E-state index in [-0.39, 0.29) is 29.2 Å². The average Bonchev–Trinajstić information content (AvgIpc) is 3.39. The van der Waals surface area contributed by atoms with Crippen molar-refractivity contribution in [2.24, 2.45) is 0 Å². The Hall–Kier alpha value is -3.16. The van der Waals surface area contributed by atoms with Gasteiger partial charge in [0, 0.05) is 17.8 Å². The summed E-state index contributed by atoms with van der Waals surface area (Å²) in [6.07, 6.45) is 2.07. The average molecular weight is 341 g/mol. The van der Waals surface area contributed by atoms with E-state index in [9.17, 15) is 14.4 Å². The van der Waals surface area contributed by atoms with Crippen LogP contribution >= 0.6 is 0 Å². The molecule has 1 saturated carbocycles. The normalized spacial score (nSPS) is 14.4. The largest absolute Gasteiger partial charge is 0.344 e. The maximum atomic E-state index is 12.1. The van der Waals surface area contributed by atoms with Gasteiger partial charge in [-0.3, -0.25) is 9.59 Å². The molecule has 0 saturated heterocycles. The Morgan fingerprint density at radius 2 is 1.88 bits per heavy atom. The fourth-order valence-corrected chi connectivity index (χ4v) is 2.26. The first-order chi connectivity index (χ1) is 12.0. The summed E-state index contributed by atoms with van der Waals surface area (Å²) in [7, 11) is 0. The predicted octanol–water partition coefficient (Wildman–Crippen LogP) is 1.54. The van der Waals surface area contributed by atoms with E-state index in [1.807, 2.05) is 19.1 Å². The number of nitrogens with one attached hydrogen (secondary N) is 4. The third-order valence-electron chi connectivity index (χ3n) is 3.84. The molecule has 0 aliphatic heterocycles. The summed E-state index contributed by atoms with van der Waals surface area (Å²) in [5.74, 6) is -0.380. The molecular formula is C17H19N5O3. The Bertz CT molecular complexity index is 806. The lowest BCUT2D eigenvalue weighted by Gasteiger charge is -2.14. The van der Waals surface area contributed by atoms with Crippen LogP contribution in [-0.2, 0) is 0 Å². The molecule has 8 nitrogen and oxygen atoms in total. The fraction of sp³-hybridized carbons (Fsp3) is 0.294. The van der Waals surface area contributed by atoms with Gasteiger partial charge in [0.2, 0.25) is 0 Å². The minimum atomic E-state index is -0.380. The fourth-order valence-electron chi connectivity index (χ4n) is 2.26. The van der Waals surface area contributed by atoms with E-state index in [1.165, 1.54) is 12.1 Å². The van der Waals surface area contributed by atoms with Gasteiger partial charge in [0.05, 0.1) is 6.04 Å². The Labute approximate surface area is 144 Å². The first-order valence-electron chi connectivity index (χ1n) is 8.05. The first-order valence-corrected chi connectivity index (χ1v) is 8.05. The summed E-state index contributed by atoms with van der Waals surface area (Å²) in [6.45, 7) is 1.84. The van der Waals surface area contributed by atoms with Crippen LogP contribution in [0.4, 0.5) is 10.5 Å². The lowest BCUT2D eigenvalue weighted by atomic mass is 10.1. The molecular weight excluding hydrogens is 322 g/mol. The molecule has 2 aromatic rings. The molecule has 1 aromatic carbocycles. The van der Waals surface area contributed by atoms with Crippen molar-refractivity contribution in [3.63, 3.8) is 0 Å². The molecule has 0 spiro atoms. The minimum Gasteiger partial charge on any atom is -0.344 e. The summed E-state index contributed by atoms with van der Waals surface area (Å²) >= 11 is 0. The molecule has 1 unspecified atom stereocenters. The second kappa shape index (κ2) is 7.16. The topological polar surface area (TPSA) is 116 Å². The Morgan fingerprint density at radius 3 is 2.48 bits per heavy atom. The number of urea groups is 1. The number of nitrogens with zero attached hydrogens (tertiary/aromatic N) is 1. The van der Waals surface area contributed by atoms with Gasteiger partial charge in [-0.2, -0.15) is 5.10 Å². The number of H-pyrrole nitrogens is 1. The second-order valence-electron chi connectivity index (χ2n) is 6.00. The maximum Gasteiger partial charge on any atom is 0.319 e. The molecule has 1 atom stereocenters. The van der Waals surface area contributed by atoms with Crippen LogP contribution in [0.15, 0.2) is 41.2 Å². The molecule has 0 radical (unpaired) electrons. The minimum absolute atomic E-state index is 0.140. The van der Waals surface area contributed by atoms with Gasteiger partial charge in [0.15, 0.2) is 0 Å². The zero-order chi connectivity index (χ0) is 17.8. The van der Waals surface area contributed by atoms with E-state index >= 15 is 0 Å². The van der Waals surface area contributed by atoms with Crippen LogP contribution in [0.2, 0.25) is 0 Å². The summed E-state index contributed by atoms with van der Waals surface area (Å²) in [6, 6.07) is 9.68. The highest BCUT2D eigenvalue weighted by Crippen LogP contribution is 2.19. The molecule has 3 rings (SSSR count). The number of rotatable bonds is 5. The number of aromatic nitrogens is 2. The smallest absolute Gasteiger partial charge is 0.319 e. The quantitative estimate of drug-likeness (QED) is 0.660. The Morgan fingerprint density at radius 1 is 1.16 bits per heavy atom. The monoisotopic (exact) mass is 341 g/mol. The van der Waals surface area contributed by atoms with Crippen molar-refractivity contribution in [1.29, 1.82) is 0 Å². The summed E-state index contributed by atoms with van der Waals surface area (Å²) in [4.78, 5) is 34.8. The van der Waals surface area contributed by atoms with Gasteiger partial charge in [-0.25, -0.2) is 9.89 Å². The number of hydrogen-bond acceptors (Lipinski definition) is 4. The predicted molar refractivity (Wildman–Crippen MR) is 92.4 cm³/mol. The van der Waals surface area contributed by atoms with Crippen LogP contribution in [0.1, 0.15) is 41.9 Å². The molecule has 130 valence electrons. The van der Waals surface area contributed by atoms with Crippen LogP contribution in [0.3, 0.4) is 0 Å². The highest BCUT2D eigenvalue weighted by molar-refractivity contribution is 5.92. The Balaban J connectivity index is 1.57. The van der Waals surface area contributed by atoms with Gasteiger partial charge in [0.25, 0.3) is 11.5 Å². The summed E-state index contributed by atoms with van der Waals surface area (Å²) in [5, 5.41) is 14.3. The van der Waals surface area contributed by atoms with E-state index < -0.39 is 0 Å². The van der Waals surface area contributed by atoms with E-state index in [0.717, 1.165) is 18.4 Å². The van der Waals surface area contributed by atoms with Gasteiger partial charge in [-0.05, 0) is 43.5 Å². The Kier molecular flexibility index (Phi) is 4.78. The third kappa shape index (κ3) is 4.66. The standard InChI is InChI=1S/C17H19N5O3/c1-10(18-16(24)14-8-9-15(23)22-21-14)11-2-4-12(5-3-11)19-17(25)20-13-6-7-13/h2-5,8-10,13H,6-7H2,1H3,(H,18,24)(H,22,23)(H2,19,20,25). The van der Waals surface area contributed by atoms with Gasteiger partial charge in [0.1, 0.15) is 5.69 Å². The van der Waals surface area contributed by atoms with Crippen molar-refractivity contribution >= 4 is 17.6 Å². The van der Waals surface area contributed by atoms with Crippen molar-refractivity contribution in [2.45, 2.75) is 31.8 Å². The SMILES string of the molecule is CC(NC(=O)c1ccc(=O)[nH]n1)c1ccc(NC(=O)NC2CC2)cc1. The molecule has 1 heterocycles. The molecule has 4 N–H and O–H groups in total. The number of anilines is 1. The van der Waals surface area contributed by atoms with E-state index in [4.69, 9.17) is 0 Å². The van der Waals surface area contributed by atoms with Crippen molar-refractivity contribution in [1.82, 2.24) is 20.8 Å². The van der Waals surface area contributed by atoms with E-state index in [1.54, 1.807) is 12.1 Å². The number of hydrogen-bond donors (Lipinski definition) is 4. The van der Waals surface area contributed by atoms with Gasteiger partial charge >= 0.3 is 6.03 Å². The lowest BCUT2D eigenvalue weighted by molar-refractivity contribution is 0.0933. The maximum absolute atomic E-state index is 12.1. The van der Waals surface area contributed by atoms with Crippen LogP contribution in [-0.4, -0.2) is 28.2 Å². The van der Waals surface area contributed by atoms with Crippen LogP contribution in [0, 0.1) is 0 Å². The molecule has 1 aromatic heterocycles. The van der Waals surface area contributed by atoms with Crippen molar-refractivity contribution in [3.8, 4) is 0 Å². The summed E-state index contributed by atoms with van der Waals surface area (Å²) < 4.78 is 0. The number of carbonyl (C=O) groups is 2. The molecule has 0 bridgehead atoms. The van der Waals surface area contributed by atoms with Crippen molar-refractivity contribution in [3.05, 3.63) is 58.0 Å². The number of amides is 3. The van der Waals surface area contributed by atoms with Crippen LogP contribution < -0.4 is 21.5 Å². The molecule has 8 heteroatoms. The second-order valence-corrected chi connectivity index (χ2v) is 6.00. The molecule has 1 fully saturated rings. The van der Waals surface area contributed by atoms with Gasteiger partial charge in [-0.1, -0.05) is 12.1 Å². The third-order valence-corrected chi connectivity index (χ3v) is 3.84. The zero-order valence-electron chi connectivity index (χ0n) is 13.7. The lowest BCUT2D eigenvalue weighted by Crippen LogP contribution is -2.30. The highest BCUT2D eigenvalue weighted by Gasteiger charge is 2.23. The van der Waals surface area contributed by atoms with Crippen molar-refractivity contribution in [2.75, 3.05) is 5.32 Å². The van der Waals surface area contributed by atoms with Gasteiger partial charge < -0.3 is 16.0 Å². The van der Waals surface area contributed by atoms with E-state index in [0.29, 0.717) is 11.7 Å². The number of carbonyl (C=O) groups excluding carboxylic acids is 2. The molecule has 25 heavy (non-hydrogen) atoms. The molecule has 1 aliphatic rings. The first kappa shape index (κ1) is 16.7. The zero-order valence-corrected chi connectivity index (χ0v) is 13.7. The van der Waals surface area contributed by atoms with Gasteiger partial charge in [-0.15, -0.1) is 0 Å². The molecule has 3 amide bonds. The number of aromatic amines is 1. The molecule has 1 aliphatic carbocycles. The van der Waals surface area contributed by atoms with E-state index in [2.05, 4.69) is 26.1 Å². The van der Waals surface area contributed by atoms with Crippen molar-refractivity contribution < 1.29 is 9.59 Å². The van der Waals surface area contributed by atoms with Crippen LogP contribution in [0.25, 0.3) is 0 Å². The summed E-state index contributed by atoms with van der Waals surface area (Å²) in [5.41, 5.74) is 1.34. The highest BCUT2D eigenvalue weighted by atomic mass is 16.2.